The monoisotopic (exact) mass is 207 g/mol. The summed E-state index contributed by atoms with van der Waals surface area (Å²) in [6.07, 6.45) is 1.65. The zero-order valence-electron chi connectivity index (χ0n) is 8.79. The molecule has 0 spiro atoms. The van der Waals surface area contributed by atoms with E-state index in [1.54, 1.807) is 6.92 Å². The number of sulfone groups is 1. The molecule has 0 aromatic carbocycles. The largest absolute Gasteiger partial charge is 0.328 e. The Morgan fingerprint density at radius 1 is 1.31 bits per heavy atom. The highest BCUT2D eigenvalue weighted by Gasteiger charge is 2.15. The molecule has 0 aliphatic carbocycles. The van der Waals surface area contributed by atoms with Gasteiger partial charge in [-0.3, -0.25) is 0 Å². The van der Waals surface area contributed by atoms with Gasteiger partial charge >= 0.3 is 0 Å². The van der Waals surface area contributed by atoms with Crippen LogP contribution in [0.1, 0.15) is 33.6 Å². The van der Waals surface area contributed by atoms with Crippen LogP contribution in [0.4, 0.5) is 0 Å². The van der Waals surface area contributed by atoms with Gasteiger partial charge < -0.3 is 5.73 Å². The average molecular weight is 207 g/mol. The van der Waals surface area contributed by atoms with Crippen molar-refractivity contribution in [1.29, 1.82) is 0 Å². The first kappa shape index (κ1) is 12.9. The number of hydrogen-bond acceptors (Lipinski definition) is 3. The van der Waals surface area contributed by atoms with Gasteiger partial charge in [-0.25, -0.2) is 8.42 Å². The van der Waals surface area contributed by atoms with Crippen molar-refractivity contribution in [3.05, 3.63) is 0 Å². The van der Waals surface area contributed by atoms with Gasteiger partial charge in [0.05, 0.1) is 5.75 Å². The van der Waals surface area contributed by atoms with Crippen LogP contribution in [-0.2, 0) is 9.84 Å². The van der Waals surface area contributed by atoms with Crippen molar-refractivity contribution < 1.29 is 8.42 Å². The first-order chi connectivity index (χ1) is 5.93. The van der Waals surface area contributed by atoms with Crippen LogP contribution in [0.25, 0.3) is 0 Å². The Kier molecular flexibility index (Phi) is 5.56. The van der Waals surface area contributed by atoms with Crippen LogP contribution in [0.2, 0.25) is 0 Å². The SMILES string of the molecule is CCC(CCS(=O)(=O)CC)C(C)N. The summed E-state index contributed by atoms with van der Waals surface area (Å²) in [6, 6.07) is 0.0945. The molecule has 0 aromatic heterocycles. The molecule has 80 valence electrons. The van der Waals surface area contributed by atoms with Crippen LogP contribution in [0, 0.1) is 5.92 Å². The first-order valence-electron chi connectivity index (χ1n) is 4.89. The van der Waals surface area contributed by atoms with E-state index in [-0.39, 0.29) is 17.5 Å². The predicted octanol–water partition coefficient (Wildman–Crippen LogP) is 1.18. The second-order valence-corrected chi connectivity index (χ2v) is 6.03. The van der Waals surface area contributed by atoms with Crippen LogP contribution in [0.5, 0.6) is 0 Å². The van der Waals surface area contributed by atoms with Crippen LogP contribution in [0.15, 0.2) is 0 Å². The molecule has 3 nitrogen and oxygen atoms in total. The molecular weight excluding hydrogens is 186 g/mol. The minimum absolute atomic E-state index is 0.0945. The second-order valence-electron chi connectivity index (χ2n) is 3.55. The van der Waals surface area contributed by atoms with Gasteiger partial charge in [0.1, 0.15) is 9.84 Å². The van der Waals surface area contributed by atoms with Crippen molar-refractivity contribution in [2.24, 2.45) is 11.7 Å². The van der Waals surface area contributed by atoms with Crippen molar-refractivity contribution in [3.8, 4) is 0 Å². The summed E-state index contributed by atoms with van der Waals surface area (Å²) in [6.45, 7) is 5.67. The molecule has 4 heteroatoms. The molecule has 0 amide bonds. The molecule has 0 rings (SSSR count). The molecule has 13 heavy (non-hydrogen) atoms. The van der Waals surface area contributed by atoms with E-state index in [2.05, 4.69) is 0 Å². The third-order valence-electron chi connectivity index (χ3n) is 2.51. The third-order valence-corrected chi connectivity index (χ3v) is 4.24. The molecule has 2 unspecified atom stereocenters. The zero-order chi connectivity index (χ0) is 10.5. The Balaban J connectivity index is 4.00. The molecule has 0 saturated heterocycles. The van der Waals surface area contributed by atoms with Gasteiger partial charge in [-0.2, -0.15) is 0 Å². The lowest BCUT2D eigenvalue weighted by Gasteiger charge is -2.18. The van der Waals surface area contributed by atoms with Gasteiger partial charge in [0.2, 0.25) is 0 Å². The second kappa shape index (κ2) is 5.60. The fourth-order valence-electron chi connectivity index (χ4n) is 1.31. The van der Waals surface area contributed by atoms with Gasteiger partial charge in [-0.15, -0.1) is 0 Å². The van der Waals surface area contributed by atoms with E-state index in [1.807, 2.05) is 13.8 Å². The van der Waals surface area contributed by atoms with Crippen molar-refractivity contribution in [2.75, 3.05) is 11.5 Å². The van der Waals surface area contributed by atoms with E-state index in [9.17, 15) is 8.42 Å². The van der Waals surface area contributed by atoms with E-state index in [0.717, 1.165) is 6.42 Å². The fourth-order valence-corrected chi connectivity index (χ4v) is 2.26. The molecule has 0 aliphatic heterocycles. The van der Waals surface area contributed by atoms with Crippen LogP contribution < -0.4 is 5.73 Å². The summed E-state index contributed by atoms with van der Waals surface area (Å²) in [5.41, 5.74) is 5.72. The molecule has 0 bridgehead atoms. The normalized spacial score (nSPS) is 16.9. The molecule has 0 radical (unpaired) electrons. The Morgan fingerprint density at radius 2 is 1.85 bits per heavy atom. The summed E-state index contributed by atoms with van der Waals surface area (Å²) < 4.78 is 22.4. The third kappa shape index (κ3) is 5.26. The van der Waals surface area contributed by atoms with Gasteiger partial charge in [0.15, 0.2) is 0 Å². The van der Waals surface area contributed by atoms with E-state index in [4.69, 9.17) is 5.73 Å². The smallest absolute Gasteiger partial charge is 0.150 e. The number of rotatable bonds is 6. The highest BCUT2D eigenvalue weighted by Crippen LogP contribution is 2.13. The van der Waals surface area contributed by atoms with Crippen LogP contribution in [0.3, 0.4) is 0 Å². The predicted molar refractivity (Wildman–Crippen MR) is 56.4 cm³/mol. The van der Waals surface area contributed by atoms with Crippen LogP contribution in [-0.4, -0.2) is 26.0 Å². The van der Waals surface area contributed by atoms with Crippen molar-refractivity contribution >= 4 is 9.84 Å². The lowest BCUT2D eigenvalue weighted by atomic mass is 9.96. The standard InChI is InChI=1S/C9H21NO2S/c1-4-9(8(3)10)6-7-13(11,12)5-2/h8-9H,4-7,10H2,1-3H3. The summed E-state index contributed by atoms with van der Waals surface area (Å²) in [4.78, 5) is 0. The highest BCUT2D eigenvalue weighted by atomic mass is 32.2. The Bertz CT molecular complexity index is 222. The number of nitrogens with two attached hydrogens (primary N) is 1. The van der Waals surface area contributed by atoms with Crippen molar-refractivity contribution in [2.45, 2.75) is 39.7 Å². The number of hydrogen-bond donors (Lipinski definition) is 1. The molecular formula is C9H21NO2S. The maximum absolute atomic E-state index is 11.2. The minimum Gasteiger partial charge on any atom is -0.328 e. The quantitative estimate of drug-likeness (QED) is 0.711. The van der Waals surface area contributed by atoms with E-state index in [0.29, 0.717) is 12.3 Å². The van der Waals surface area contributed by atoms with Crippen molar-refractivity contribution in [1.82, 2.24) is 0 Å². The summed E-state index contributed by atoms with van der Waals surface area (Å²) in [5.74, 6) is 0.854. The Morgan fingerprint density at radius 3 is 2.15 bits per heavy atom. The highest BCUT2D eigenvalue weighted by molar-refractivity contribution is 7.91. The first-order valence-corrected chi connectivity index (χ1v) is 6.71. The van der Waals surface area contributed by atoms with E-state index in [1.165, 1.54) is 0 Å². The molecule has 2 N–H and O–H groups in total. The van der Waals surface area contributed by atoms with E-state index < -0.39 is 9.84 Å². The summed E-state index contributed by atoms with van der Waals surface area (Å²) >= 11 is 0. The Hall–Kier alpha value is -0.0900. The van der Waals surface area contributed by atoms with Gasteiger partial charge in [0.25, 0.3) is 0 Å². The topological polar surface area (TPSA) is 60.2 Å². The van der Waals surface area contributed by atoms with Gasteiger partial charge in [0, 0.05) is 11.8 Å². The zero-order valence-corrected chi connectivity index (χ0v) is 9.60. The molecule has 2 atom stereocenters. The lowest BCUT2D eigenvalue weighted by Crippen LogP contribution is -2.28. The fraction of sp³-hybridized carbons (Fsp3) is 1.00. The molecule has 0 aliphatic rings. The molecule has 0 aromatic rings. The molecule has 0 heterocycles. The molecule has 0 fully saturated rings. The maximum atomic E-state index is 11.2. The summed E-state index contributed by atoms with van der Waals surface area (Å²) in [7, 11) is -2.81. The molecule has 0 saturated carbocycles. The Labute approximate surface area is 81.6 Å². The average Bonchev–Trinajstić information content (AvgIpc) is 2.05. The maximum Gasteiger partial charge on any atom is 0.150 e. The van der Waals surface area contributed by atoms with Gasteiger partial charge in [-0.05, 0) is 19.3 Å². The van der Waals surface area contributed by atoms with Crippen molar-refractivity contribution in [3.63, 3.8) is 0 Å². The minimum atomic E-state index is -2.81. The lowest BCUT2D eigenvalue weighted by molar-refractivity contribution is 0.417. The summed E-state index contributed by atoms with van der Waals surface area (Å²) in [5, 5.41) is 0. The van der Waals surface area contributed by atoms with Gasteiger partial charge in [-0.1, -0.05) is 20.3 Å². The van der Waals surface area contributed by atoms with E-state index >= 15 is 0 Å². The van der Waals surface area contributed by atoms with Crippen LogP contribution >= 0.6 is 0 Å².